The lowest BCUT2D eigenvalue weighted by atomic mass is 10.0. The van der Waals surface area contributed by atoms with E-state index in [1.54, 1.807) is 7.05 Å². The number of halogens is 3. The van der Waals surface area contributed by atoms with E-state index in [4.69, 9.17) is 0 Å². The van der Waals surface area contributed by atoms with Gasteiger partial charge in [0.1, 0.15) is 0 Å². The van der Waals surface area contributed by atoms with Gasteiger partial charge in [-0.3, -0.25) is 9.59 Å². The Balaban J connectivity index is 1.90. The number of aryl methyl sites for hydroxylation is 1. The molecule has 2 aromatic carbocycles. The zero-order valence-electron chi connectivity index (χ0n) is 16.0. The molecule has 0 atom stereocenters. The summed E-state index contributed by atoms with van der Waals surface area (Å²) in [6.07, 6.45) is -4.46. The quantitative estimate of drug-likeness (QED) is 0.765. The third-order valence-electron chi connectivity index (χ3n) is 5.24. The van der Waals surface area contributed by atoms with Crippen molar-refractivity contribution in [3.8, 4) is 0 Å². The van der Waals surface area contributed by atoms with Crippen LogP contribution in [0.2, 0.25) is 0 Å². The highest BCUT2D eigenvalue weighted by molar-refractivity contribution is 6.30. The van der Waals surface area contributed by atoms with E-state index in [0.717, 1.165) is 23.3 Å². The molecule has 2 aliphatic heterocycles. The van der Waals surface area contributed by atoms with Crippen molar-refractivity contribution in [1.29, 1.82) is 0 Å². The number of hydrogen-bond acceptors (Lipinski definition) is 2. The average Bonchev–Trinajstić information content (AvgIpc) is 3.08. The SMILES string of the molecule is Cc1ccc(C2=C3C(=O)N(C)C(c4ccc(C(F)(F)F)cc4)=C3C(=O)N2C)cc1. The zero-order chi connectivity index (χ0) is 21.1. The van der Waals surface area contributed by atoms with Gasteiger partial charge in [-0.1, -0.05) is 42.0 Å². The molecular formula is C22H17F3N2O2. The van der Waals surface area contributed by atoms with Gasteiger partial charge in [-0.25, -0.2) is 0 Å². The minimum atomic E-state index is -4.46. The summed E-state index contributed by atoms with van der Waals surface area (Å²) in [4.78, 5) is 28.8. The topological polar surface area (TPSA) is 40.6 Å². The predicted molar refractivity (Wildman–Crippen MR) is 102 cm³/mol. The standard InChI is InChI=1S/C22H17F3N2O2/c1-12-4-6-13(7-5-12)18-16-17(21(29)26(18)2)19(27(3)20(16)28)14-8-10-15(11-9-14)22(23,24)25/h4-11H,1-3H3. The highest BCUT2D eigenvalue weighted by Gasteiger charge is 2.46. The van der Waals surface area contributed by atoms with Gasteiger partial charge < -0.3 is 9.80 Å². The van der Waals surface area contributed by atoms with Gasteiger partial charge in [0.15, 0.2) is 0 Å². The first-order valence-corrected chi connectivity index (χ1v) is 8.91. The first-order chi connectivity index (χ1) is 13.6. The smallest absolute Gasteiger partial charge is 0.310 e. The van der Waals surface area contributed by atoms with Gasteiger partial charge in [-0.05, 0) is 30.2 Å². The summed E-state index contributed by atoms with van der Waals surface area (Å²) in [6, 6.07) is 11.9. The van der Waals surface area contributed by atoms with Crippen molar-refractivity contribution in [2.24, 2.45) is 0 Å². The number of alkyl halides is 3. The molecular weight excluding hydrogens is 381 g/mol. The van der Waals surface area contributed by atoms with Crippen LogP contribution >= 0.6 is 0 Å². The van der Waals surface area contributed by atoms with Crippen molar-refractivity contribution in [1.82, 2.24) is 9.80 Å². The molecule has 2 aromatic rings. The number of fused-ring (bicyclic) bond motifs is 1. The molecule has 0 bridgehead atoms. The highest BCUT2D eigenvalue weighted by atomic mass is 19.4. The number of likely N-dealkylation sites (N-methyl/N-ethyl adjacent to an activating group) is 2. The molecule has 0 aliphatic carbocycles. The highest BCUT2D eigenvalue weighted by Crippen LogP contribution is 2.45. The molecule has 7 heteroatoms. The second kappa shape index (κ2) is 6.34. The Bertz CT molecular complexity index is 1090. The summed E-state index contributed by atoms with van der Waals surface area (Å²) in [6.45, 7) is 1.94. The molecule has 2 aliphatic rings. The molecule has 4 rings (SSSR count). The lowest BCUT2D eigenvalue weighted by molar-refractivity contribution is -0.137. The second-order valence-electron chi connectivity index (χ2n) is 7.12. The summed E-state index contributed by atoms with van der Waals surface area (Å²) in [5.74, 6) is -0.716. The van der Waals surface area contributed by atoms with E-state index in [9.17, 15) is 22.8 Å². The van der Waals surface area contributed by atoms with Crippen LogP contribution in [0.5, 0.6) is 0 Å². The molecule has 148 valence electrons. The first-order valence-electron chi connectivity index (χ1n) is 8.91. The molecule has 0 saturated carbocycles. The number of nitrogens with zero attached hydrogens (tertiary/aromatic N) is 2. The van der Waals surface area contributed by atoms with Gasteiger partial charge in [0.05, 0.1) is 28.1 Å². The fraction of sp³-hybridized carbons (Fsp3) is 0.182. The maximum absolute atomic E-state index is 13.0. The Morgan fingerprint density at radius 1 is 0.690 bits per heavy atom. The predicted octanol–water partition coefficient (Wildman–Crippen LogP) is 4.08. The maximum atomic E-state index is 13.0. The van der Waals surface area contributed by atoms with E-state index in [-0.39, 0.29) is 23.0 Å². The second-order valence-corrected chi connectivity index (χ2v) is 7.12. The number of carbonyl (C=O) groups is 2. The van der Waals surface area contributed by atoms with Crippen LogP contribution in [-0.2, 0) is 15.8 Å². The molecule has 29 heavy (non-hydrogen) atoms. The van der Waals surface area contributed by atoms with Gasteiger partial charge in [0.25, 0.3) is 11.8 Å². The van der Waals surface area contributed by atoms with E-state index in [1.807, 2.05) is 31.2 Å². The molecule has 4 nitrogen and oxygen atoms in total. The van der Waals surface area contributed by atoms with Crippen LogP contribution in [0.25, 0.3) is 11.4 Å². The van der Waals surface area contributed by atoms with Gasteiger partial charge in [0.2, 0.25) is 0 Å². The molecule has 2 heterocycles. The number of hydrogen-bond donors (Lipinski definition) is 0. The van der Waals surface area contributed by atoms with Crippen molar-refractivity contribution >= 4 is 23.2 Å². The minimum Gasteiger partial charge on any atom is -0.310 e. The molecule has 0 unspecified atom stereocenters. The van der Waals surface area contributed by atoms with Gasteiger partial charge in [0, 0.05) is 14.1 Å². The van der Waals surface area contributed by atoms with E-state index < -0.39 is 11.7 Å². The van der Waals surface area contributed by atoms with Crippen molar-refractivity contribution in [3.63, 3.8) is 0 Å². The molecule has 0 radical (unpaired) electrons. The Kier molecular flexibility index (Phi) is 4.15. The van der Waals surface area contributed by atoms with Crippen LogP contribution in [0, 0.1) is 6.92 Å². The van der Waals surface area contributed by atoms with E-state index in [0.29, 0.717) is 17.0 Å². The molecule has 0 saturated heterocycles. The summed E-state index contributed by atoms with van der Waals surface area (Å²) in [7, 11) is 3.11. The Labute approximate surface area is 165 Å². The fourth-order valence-electron chi connectivity index (χ4n) is 3.73. The lowest BCUT2D eigenvalue weighted by Crippen LogP contribution is -2.25. The molecule has 0 aromatic heterocycles. The first kappa shape index (κ1) is 19.0. The van der Waals surface area contributed by atoms with Crippen molar-refractivity contribution in [2.45, 2.75) is 13.1 Å². The molecule has 0 fully saturated rings. The number of rotatable bonds is 2. The summed E-state index contributed by atoms with van der Waals surface area (Å²) in [5.41, 5.74) is 2.68. The molecule has 0 N–H and O–H groups in total. The van der Waals surface area contributed by atoms with Crippen LogP contribution in [0.4, 0.5) is 13.2 Å². The van der Waals surface area contributed by atoms with Gasteiger partial charge >= 0.3 is 6.18 Å². The van der Waals surface area contributed by atoms with E-state index >= 15 is 0 Å². The molecule has 2 amide bonds. The largest absolute Gasteiger partial charge is 0.416 e. The van der Waals surface area contributed by atoms with Crippen LogP contribution in [0.3, 0.4) is 0 Å². The fourth-order valence-corrected chi connectivity index (χ4v) is 3.73. The monoisotopic (exact) mass is 398 g/mol. The van der Waals surface area contributed by atoms with Gasteiger partial charge in [-0.15, -0.1) is 0 Å². The number of amides is 2. The Morgan fingerprint density at radius 3 is 1.45 bits per heavy atom. The number of carbonyl (C=O) groups excluding carboxylic acids is 2. The normalized spacial score (nSPS) is 17.0. The molecule has 0 spiro atoms. The van der Waals surface area contributed by atoms with Crippen LogP contribution < -0.4 is 0 Å². The van der Waals surface area contributed by atoms with Crippen LogP contribution in [0.1, 0.15) is 22.3 Å². The van der Waals surface area contributed by atoms with E-state index in [1.165, 1.54) is 29.0 Å². The Morgan fingerprint density at radius 2 is 1.07 bits per heavy atom. The number of benzene rings is 2. The summed E-state index contributed by atoms with van der Waals surface area (Å²) >= 11 is 0. The van der Waals surface area contributed by atoms with Crippen molar-refractivity contribution in [2.75, 3.05) is 14.1 Å². The van der Waals surface area contributed by atoms with Crippen molar-refractivity contribution in [3.05, 3.63) is 81.9 Å². The summed E-state index contributed by atoms with van der Waals surface area (Å²) < 4.78 is 38.7. The third kappa shape index (κ3) is 2.85. The minimum absolute atomic E-state index is 0.218. The maximum Gasteiger partial charge on any atom is 0.416 e. The average molecular weight is 398 g/mol. The lowest BCUT2D eigenvalue weighted by Gasteiger charge is -2.20. The van der Waals surface area contributed by atoms with Crippen LogP contribution in [0.15, 0.2) is 59.7 Å². The summed E-state index contributed by atoms with van der Waals surface area (Å²) in [5, 5.41) is 0. The Hall–Kier alpha value is -3.35. The van der Waals surface area contributed by atoms with E-state index in [2.05, 4.69) is 0 Å². The van der Waals surface area contributed by atoms with Crippen LogP contribution in [-0.4, -0.2) is 35.7 Å². The van der Waals surface area contributed by atoms with Crippen molar-refractivity contribution < 1.29 is 22.8 Å². The third-order valence-corrected chi connectivity index (χ3v) is 5.24. The van der Waals surface area contributed by atoms with Gasteiger partial charge in [-0.2, -0.15) is 13.2 Å². The zero-order valence-corrected chi connectivity index (χ0v) is 16.0.